The quantitative estimate of drug-likeness (QED) is 0.465. The summed E-state index contributed by atoms with van der Waals surface area (Å²) in [6.45, 7) is 2.78. The molecule has 1 aliphatic heterocycles. The average Bonchev–Trinajstić information content (AvgIpc) is 2.84. The molecule has 0 unspecified atom stereocenters. The highest BCUT2D eigenvalue weighted by molar-refractivity contribution is 6.30. The number of fused-ring (bicyclic) bond motifs is 1. The Morgan fingerprint density at radius 2 is 1.52 bits per heavy atom. The van der Waals surface area contributed by atoms with Gasteiger partial charge in [0.05, 0.1) is 5.69 Å². The number of amides is 1. The van der Waals surface area contributed by atoms with Crippen LogP contribution in [0.15, 0.2) is 78.9 Å². The van der Waals surface area contributed by atoms with Gasteiger partial charge >= 0.3 is 0 Å². The zero-order valence-corrected chi connectivity index (χ0v) is 17.7. The van der Waals surface area contributed by atoms with Gasteiger partial charge in [0, 0.05) is 42.3 Å². The second-order valence-electron chi connectivity index (χ2n) is 7.62. The monoisotopic (exact) mass is 428 g/mol. The maximum absolute atomic E-state index is 13.0. The fourth-order valence-electron chi connectivity index (χ4n) is 3.91. The number of carbonyl (C=O) groups excluding carboxylic acids is 1. The van der Waals surface area contributed by atoms with Gasteiger partial charge in [-0.05, 0) is 47.2 Å². The van der Waals surface area contributed by atoms with E-state index >= 15 is 0 Å². The predicted octanol–water partition coefficient (Wildman–Crippen LogP) is 4.91. The molecule has 0 radical (unpaired) electrons. The SMILES string of the molecule is O=C(c1ccc2ccccc2c1)N1CCN(c2ccc(-c3ccc(Cl)cc3)nn2)CC1. The van der Waals surface area contributed by atoms with Crippen molar-refractivity contribution in [2.24, 2.45) is 0 Å². The topological polar surface area (TPSA) is 49.3 Å². The lowest BCUT2D eigenvalue weighted by atomic mass is 10.1. The largest absolute Gasteiger partial charge is 0.352 e. The Bertz CT molecular complexity index is 1220. The van der Waals surface area contributed by atoms with Crippen LogP contribution >= 0.6 is 11.6 Å². The van der Waals surface area contributed by atoms with Crippen LogP contribution in [0.2, 0.25) is 5.02 Å². The number of carbonyl (C=O) groups is 1. The molecular weight excluding hydrogens is 408 g/mol. The summed E-state index contributed by atoms with van der Waals surface area (Å²) in [7, 11) is 0. The first-order valence-corrected chi connectivity index (χ1v) is 10.7. The van der Waals surface area contributed by atoms with Crippen molar-refractivity contribution in [3.63, 3.8) is 0 Å². The minimum atomic E-state index is 0.0783. The number of hydrogen-bond acceptors (Lipinski definition) is 4. The number of piperazine rings is 1. The summed E-state index contributed by atoms with van der Waals surface area (Å²) in [5.41, 5.74) is 2.53. The number of rotatable bonds is 3. The van der Waals surface area contributed by atoms with Gasteiger partial charge in [0.1, 0.15) is 0 Å². The molecule has 0 bridgehead atoms. The number of nitrogens with zero attached hydrogens (tertiary/aromatic N) is 4. The number of aromatic nitrogens is 2. The van der Waals surface area contributed by atoms with Crippen LogP contribution in [0, 0.1) is 0 Å². The van der Waals surface area contributed by atoms with Crippen LogP contribution in [0.5, 0.6) is 0 Å². The Kier molecular flexibility index (Phi) is 5.26. The zero-order valence-electron chi connectivity index (χ0n) is 16.9. The first kappa shape index (κ1) is 19.5. The van der Waals surface area contributed by atoms with Crippen LogP contribution in [-0.4, -0.2) is 47.2 Å². The Hall–Kier alpha value is -3.44. The Labute approximate surface area is 185 Å². The lowest BCUT2D eigenvalue weighted by Crippen LogP contribution is -2.49. The number of anilines is 1. The maximum Gasteiger partial charge on any atom is 0.253 e. The van der Waals surface area contributed by atoms with Gasteiger partial charge < -0.3 is 9.80 Å². The second kappa shape index (κ2) is 8.36. The minimum absolute atomic E-state index is 0.0783. The van der Waals surface area contributed by atoms with E-state index in [2.05, 4.69) is 21.2 Å². The summed E-state index contributed by atoms with van der Waals surface area (Å²) in [5.74, 6) is 0.907. The van der Waals surface area contributed by atoms with Crippen LogP contribution in [0.3, 0.4) is 0 Å². The molecule has 0 saturated carbocycles. The third-order valence-electron chi connectivity index (χ3n) is 5.68. The molecule has 5 nitrogen and oxygen atoms in total. The number of benzene rings is 3. The van der Waals surface area contributed by atoms with E-state index in [1.165, 1.54) is 0 Å². The van der Waals surface area contributed by atoms with E-state index in [0.717, 1.165) is 46.5 Å². The van der Waals surface area contributed by atoms with E-state index in [1.807, 2.05) is 77.7 Å². The van der Waals surface area contributed by atoms with E-state index in [4.69, 9.17) is 11.6 Å². The molecule has 0 atom stereocenters. The molecule has 31 heavy (non-hydrogen) atoms. The minimum Gasteiger partial charge on any atom is -0.352 e. The zero-order chi connectivity index (χ0) is 21.2. The first-order chi connectivity index (χ1) is 15.2. The van der Waals surface area contributed by atoms with Crippen molar-refractivity contribution in [3.8, 4) is 11.3 Å². The van der Waals surface area contributed by atoms with E-state index in [1.54, 1.807) is 0 Å². The highest BCUT2D eigenvalue weighted by atomic mass is 35.5. The van der Waals surface area contributed by atoms with Gasteiger partial charge in [-0.25, -0.2) is 0 Å². The molecule has 0 aliphatic carbocycles. The van der Waals surface area contributed by atoms with Crippen molar-refractivity contribution in [1.29, 1.82) is 0 Å². The van der Waals surface area contributed by atoms with Crippen LogP contribution < -0.4 is 4.90 Å². The lowest BCUT2D eigenvalue weighted by molar-refractivity contribution is 0.0746. The normalized spacial score (nSPS) is 14.1. The van der Waals surface area contributed by atoms with Crippen molar-refractivity contribution in [2.75, 3.05) is 31.1 Å². The third-order valence-corrected chi connectivity index (χ3v) is 5.93. The second-order valence-corrected chi connectivity index (χ2v) is 8.06. The number of halogens is 1. The molecule has 6 heteroatoms. The first-order valence-electron chi connectivity index (χ1n) is 10.3. The molecule has 154 valence electrons. The average molecular weight is 429 g/mol. The maximum atomic E-state index is 13.0. The Morgan fingerprint density at radius 3 is 2.23 bits per heavy atom. The molecule has 1 aromatic heterocycles. The summed E-state index contributed by atoms with van der Waals surface area (Å²) < 4.78 is 0. The van der Waals surface area contributed by atoms with Gasteiger partial charge in [0.25, 0.3) is 5.91 Å². The fraction of sp³-hybridized carbons (Fsp3) is 0.160. The summed E-state index contributed by atoms with van der Waals surface area (Å²) in [5, 5.41) is 11.7. The van der Waals surface area contributed by atoms with Crippen molar-refractivity contribution >= 4 is 34.1 Å². The van der Waals surface area contributed by atoms with E-state index in [9.17, 15) is 4.79 Å². The molecule has 0 spiro atoms. The van der Waals surface area contributed by atoms with Gasteiger partial charge in [0.15, 0.2) is 5.82 Å². The molecule has 0 N–H and O–H groups in total. The van der Waals surface area contributed by atoms with E-state index in [-0.39, 0.29) is 5.91 Å². The molecule has 1 aliphatic rings. The molecule has 2 heterocycles. The van der Waals surface area contributed by atoms with Crippen molar-refractivity contribution in [2.45, 2.75) is 0 Å². The van der Waals surface area contributed by atoms with Crippen LogP contribution in [0.25, 0.3) is 22.0 Å². The summed E-state index contributed by atoms with van der Waals surface area (Å²) in [4.78, 5) is 17.1. The fourth-order valence-corrected chi connectivity index (χ4v) is 4.04. The van der Waals surface area contributed by atoms with Crippen molar-refractivity contribution < 1.29 is 4.79 Å². The van der Waals surface area contributed by atoms with Gasteiger partial charge in [-0.1, -0.05) is 54.1 Å². The molecule has 1 saturated heterocycles. The molecule has 1 amide bonds. The Morgan fingerprint density at radius 1 is 0.774 bits per heavy atom. The molecule has 1 fully saturated rings. The van der Waals surface area contributed by atoms with Gasteiger partial charge in [-0.15, -0.1) is 10.2 Å². The summed E-state index contributed by atoms with van der Waals surface area (Å²) in [6, 6.07) is 25.5. The summed E-state index contributed by atoms with van der Waals surface area (Å²) >= 11 is 5.95. The van der Waals surface area contributed by atoms with Gasteiger partial charge in [-0.2, -0.15) is 0 Å². The third kappa shape index (κ3) is 4.09. The van der Waals surface area contributed by atoms with Crippen LogP contribution in [-0.2, 0) is 0 Å². The van der Waals surface area contributed by atoms with Crippen LogP contribution in [0.4, 0.5) is 5.82 Å². The highest BCUT2D eigenvalue weighted by Crippen LogP contribution is 2.22. The molecule has 3 aromatic carbocycles. The van der Waals surface area contributed by atoms with E-state index in [0.29, 0.717) is 18.1 Å². The van der Waals surface area contributed by atoms with Crippen molar-refractivity contribution in [1.82, 2.24) is 15.1 Å². The summed E-state index contributed by atoms with van der Waals surface area (Å²) in [6.07, 6.45) is 0. The van der Waals surface area contributed by atoms with Crippen molar-refractivity contribution in [3.05, 3.63) is 89.4 Å². The van der Waals surface area contributed by atoms with Gasteiger partial charge in [-0.3, -0.25) is 4.79 Å². The molecule has 4 aromatic rings. The highest BCUT2D eigenvalue weighted by Gasteiger charge is 2.23. The number of hydrogen-bond donors (Lipinski definition) is 0. The molecule has 5 rings (SSSR count). The lowest BCUT2D eigenvalue weighted by Gasteiger charge is -2.35. The molecular formula is C25H21ClN4O. The Balaban J connectivity index is 1.24. The van der Waals surface area contributed by atoms with E-state index < -0.39 is 0 Å². The predicted molar refractivity (Wildman–Crippen MR) is 125 cm³/mol. The van der Waals surface area contributed by atoms with Crippen LogP contribution in [0.1, 0.15) is 10.4 Å². The smallest absolute Gasteiger partial charge is 0.253 e. The van der Waals surface area contributed by atoms with Gasteiger partial charge in [0.2, 0.25) is 0 Å². The standard InChI is InChI=1S/C25H21ClN4O/c26-22-9-7-19(8-10-22)23-11-12-24(28-27-23)29-13-15-30(16-14-29)25(31)21-6-5-18-3-1-2-4-20(18)17-21/h1-12,17H,13-16H2.